The molecule has 0 saturated heterocycles. The number of aryl methyl sites for hydroxylation is 2. The fourth-order valence-corrected chi connectivity index (χ4v) is 2.19. The van der Waals surface area contributed by atoms with Gasteiger partial charge in [0, 0.05) is 19.2 Å². The second-order valence-electron chi connectivity index (χ2n) is 3.90. The summed E-state index contributed by atoms with van der Waals surface area (Å²) in [5.41, 5.74) is 5.08. The third kappa shape index (κ3) is 1.02. The van der Waals surface area contributed by atoms with E-state index in [1.165, 1.54) is 22.2 Å². The van der Waals surface area contributed by atoms with Crippen LogP contribution in [0.3, 0.4) is 0 Å². The molecule has 0 aliphatic carbocycles. The molecule has 0 fully saturated rings. The van der Waals surface area contributed by atoms with Gasteiger partial charge in [-0.25, -0.2) is 0 Å². The van der Waals surface area contributed by atoms with Crippen LogP contribution >= 0.6 is 0 Å². The first-order chi connectivity index (χ1) is 7.29. The summed E-state index contributed by atoms with van der Waals surface area (Å²) >= 11 is 0. The predicted molar refractivity (Wildman–Crippen MR) is 60.8 cm³/mol. The summed E-state index contributed by atoms with van der Waals surface area (Å²) in [5.74, 6) is 0. The minimum Gasteiger partial charge on any atom is -0.306 e. The number of para-hydroxylation sites is 2. The van der Waals surface area contributed by atoms with E-state index in [-0.39, 0.29) is 0 Å². The van der Waals surface area contributed by atoms with Crippen molar-refractivity contribution in [2.24, 2.45) is 7.05 Å². The molecule has 2 aromatic heterocycles. The van der Waals surface area contributed by atoms with Crippen molar-refractivity contribution >= 4 is 16.6 Å². The van der Waals surface area contributed by atoms with Gasteiger partial charge in [0.25, 0.3) is 0 Å². The van der Waals surface area contributed by atoms with E-state index in [9.17, 15) is 0 Å². The summed E-state index contributed by atoms with van der Waals surface area (Å²) in [7, 11) is 2.12. The molecule has 1 aromatic carbocycles. The second kappa shape index (κ2) is 2.83. The average Bonchev–Trinajstić information content (AvgIpc) is 2.75. The molecule has 0 radical (unpaired) electrons. The van der Waals surface area contributed by atoms with Crippen LogP contribution in [0.4, 0.5) is 0 Å². The first-order valence-electron chi connectivity index (χ1n) is 5.13. The molecule has 2 heteroatoms. The maximum absolute atomic E-state index is 2.24. The molecule has 0 N–H and O–H groups in total. The highest BCUT2D eigenvalue weighted by Gasteiger charge is 2.13. The van der Waals surface area contributed by atoms with Gasteiger partial charge in [-0.05, 0) is 18.2 Å². The zero-order valence-corrected chi connectivity index (χ0v) is 8.94. The van der Waals surface area contributed by atoms with Gasteiger partial charge in [0.2, 0.25) is 11.2 Å². The molecule has 2 heterocycles. The van der Waals surface area contributed by atoms with Crippen LogP contribution in [0.25, 0.3) is 16.6 Å². The van der Waals surface area contributed by atoms with Gasteiger partial charge in [-0.1, -0.05) is 12.1 Å². The summed E-state index contributed by atoms with van der Waals surface area (Å²) in [6.45, 7) is 2.15. The van der Waals surface area contributed by atoms with Crippen molar-refractivity contribution in [1.29, 1.82) is 0 Å². The van der Waals surface area contributed by atoms with E-state index in [1.807, 2.05) is 0 Å². The van der Waals surface area contributed by atoms with Crippen LogP contribution in [0.5, 0.6) is 0 Å². The van der Waals surface area contributed by atoms with Gasteiger partial charge in [-0.3, -0.25) is 0 Å². The number of nitrogens with zero attached hydrogens (tertiary/aromatic N) is 2. The molecule has 0 aliphatic rings. The van der Waals surface area contributed by atoms with Crippen LogP contribution in [0.15, 0.2) is 42.6 Å². The summed E-state index contributed by atoms with van der Waals surface area (Å²) in [6.07, 6.45) is 2.12. The monoisotopic (exact) mass is 197 g/mol. The van der Waals surface area contributed by atoms with Crippen LogP contribution in [-0.4, -0.2) is 4.40 Å². The zero-order valence-electron chi connectivity index (χ0n) is 8.94. The largest absolute Gasteiger partial charge is 0.306 e. The van der Waals surface area contributed by atoms with Crippen LogP contribution < -0.4 is 4.57 Å². The maximum Gasteiger partial charge on any atom is 0.229 e. The topological polar surface area (TPSA) is 8.29 Å². The van der Waals surface area contributed by atoms with Gasteiger partial charge in [0.1, 0.15) is 18.1 Å². The summed E-state index contributed by atoms with van der Waals surface area (Å²) in [5, 5.41) is 0. The van der Waals surface area contributed by atoms with E-state index in [0.29, 0.717) is 0 Å². The van der Waals surface area contributed by atoms with Gasteiger partial charge < -0.3 is 4.40 Å². The number of hydrogen-bond donors (Lipinski definition) is 0. The number of aromatic nitrogens is 2. The SMILES string of the molecule is Cc1c2cccn2c2ccccc2[n+]1C. The lowest BCUT2D eigenvalue weighted by Gasteiger charge is -2.04. The van der Waals surface area contributed by atoms with Crippen molar-refractivity contribution in [3.63, 3.8) is 0 Å². The Kier molecular flexibility index (Phi) is 1.60. The molecule has 0 unspecified atom stereocenters. The van der Waals surface area contributed by atoms with E-state index >= 15 is 0 Å². The number of rotatable bonds is 0. The first-order valence-corrected chi connectivity index (χ1v) is 5.13. The standard InChI is InChI=1S/C13H13N2/c1-10-11-8-5-9-15(11)13-7-4-3-6-12(13)14(10)2/h3-9H,1-2H3/q+1. The Balaban J connectivity index is 2.70. The van der Waals surface area contributed by atoms with Crippen molar-refractivity contribution < 1.29 is 4.57 Å². The van der Waals surface area contributed by atoms with Gasteiger partial charge in [-0.2, -0.15) is 4.57 Å². The smallest absolute Gasteiger partial charge is 0.229 e. The van der Waals surface area contributed by atoms with E-state index in [2.05, 4.69) is 65.5 Å². The third-order valence-electron chi connectivity index (χ3n) is 3.13. The Morgan fingerprint density at radius 1 is 1.00 bits per heavy atom. The minimum atomic E-state index is 1.26. The van der Waals surface area contributed by atoms with Crippen molar-refractivity contribution in [2.45, 2.75) is 6.92 Å². The van der Waals surface area contributed by atoms with Gasteiger partial charge in [0.15, 0.2) is 0 Å². The Labute approximate surface area is 88.4 Å². The lowest BCUT2D eigenvalue weighted by atomic mass is 10.2. The van der Waals surface area contributed by atoms with Crippen LogP contribution in [0, 0.1) is 6.92 Å². The Morgan fingerprint density at radius 3 is 2.60 bits per heavy atom. The molecule has 0 saturated carbocycles. The molecule has 3 aromatic rings. The average molecular weight is 197 g/mol. The Hall–Kier alpha value is -1.83. The normalized spacial score (nSPS) is 11.3. The molecule has 0 aliphatic heterocycles. The number of benzene rings is 1. The summed E-state index contributed by atoms with van der Waals surface area (Å²) in [4.78, 5) is 0. The number of fused-ring (bicyclic) bond motifs is 3. The van der Waals surface area contributed by atoms with Crippen LogP contribution in [0.1, 0.15) is 5.69 Å². The first kappa shape index (κ1) is 8.48. The molecule has 0 amide bonds. The quantitative estimate of drug-likeness (QED) is 0.488. The second-order valence-corrected chi connectivity index (χ2v) is 3.90. The van der Waals surface area contributed by atoms with Gasteiger partial charge >= 0.3 is 0 Å². The van der Waals surface area contributed by atoms with Gasteiger partial charge in [0.05, 0.1) is 0 Å². The number of hydrogen-bond acceptors (Lipinski definition) is 0. The Bertz CT molecular complexity index is 650. The van der Waals surface area contributed by atoms with Crippen molar-refractivity contribution in [3.8, 4) is 0 Å². The highest BCUT2D eigenvalue weighted by Crippen LogP contribution is 2.15. The van der Waals surface area contributed by atoms with E-state index in [0.717, 1.165) is 0 Å². The van der Waals surface area contributed by atoms with Crippen molar-refractivity contribution in [1.82, 2.24) is 4.40 Å². The molecular formula is C13H13N2+. The predicted octanol–water partition coefficient (Wildman–Crippen LogP) is 2.23. The molecular weight excluding hydrogens is 184 g/mol. The van der Waals surface area contributed by atoms with Crippen LogP contribution in [-0.2, 0) is 7.05 Å². The zero-order chi connectivity index (χ0) is 10.4. The molecule has 3 rings (SSSR count). The molecule has 15 heavy (non-hydrogen) atoms. The molecule has 0 atom stereocenters. The molecule has 0 bridgehead atoms. The Morgan fingerprint density at radius 2 is 1.73 bits per heavy atom. The summed E-state index contributed by atoms with van der Waals surface area (Å²) < 4.78 is 4.48. The van der Waals surface area contributed by atoms with E-state index < -0.39 is 0 Å². The minimum absolute atomic E-state index is 1.26. The van der Waals surface area contributed by atoms with Crippen LogP contribution in [0.2, 0.25) is 0 Å². The van der Waals surface area contributed by atoms with Gasteiger partial charge in [-0.15, -0.1) is 0 Å². The molecule has 2 nitrogen and oxygen atoms in total. The van der Waals surface area contributed by atoms with Crippen molar-refractivity contribution in [2.75, 3.05) is 0 Å². The summed E-state index contributed by atoms with van der Waals surface area (Å²) in [6, 6.07) is 12.7. The maximum atomic E-state index is 2.24. The highest BCUT2D eigenvalue weighted by atomic mass is 15.0. The third-order valence-corrected chi connectivity index (χ3v) is 3.13. The lowest BCUT2D eigenvalue weighted by Crippen LogP contribution is -2.33. The highest BCUT2D eigenvalue weighted by molar-refractivity contribution is 5.75. The molecule has 0 spiro atoms. The molecule has 74 valence electrons. The van der Waals surface area contributed by atoms with E-state index in [4.69, 9.17) is 0 Å². The fourth-order valence-electron chi connectivity index (χ4n) is 2.19. The fraction of sp³-hybridized carbons (Fsp3) is 0.154. The van der Waals surface area contributed by atoms with E-state index in [1.54, 1.807) is 0 Å². The lowest BCUT2D eigenvalue weighted by molar-refractivity contribution is -0.650. The van der Waals surface area contributed by atoms with Crippen molar-refractivity contribution in [3.05, 3.63) is 48.3 Å².